The molecule has 5 N–H and O–H groups in total. The Morgan fingerprint density at radius 2 is 2.04 bits per heavy atom. The molecule has 0 aliphatic heterocycles. The van der Waals surface area contributed by atoms with Gasteiger partial charge >= 0.3 is 0 Å². The number of carbonyl (C=O) groups excluding carboxylic acids is 1. The third-order valence-electron chi connectivity index (χ3n) is 5.02. The fourth-order valence-electron chi connectivity index (χ4n) is 3.39. The standard InChI is InChI=1S/C18H28BrN3O2/c1-2-18(6-4-3-5-7-18)22-12-14-10-13(11-15(19)16(14)20)17(24)21-8-9-23/h10-11,22-23H,2-9,12,20H2,1H3,(H,21,24). The summed E-state index contributed by atoms with van der Waals surface area (Å²) in [7, 11) is 0. The summed E-state index contributed by atoms with van der Waals surface area (Å²) >= 11 is 3.45. The molecule has 6 heteroatoms. The first-order valence-electron chi connectivity index (χ1n) is 8.73. The minimum absolute atomic E-state index is 0.0741. The number of rotatable bonds is 7. The largest absolute Gasteiger partial charge is 0.398 e. The highest BCUT2D eigenvalue weighted by Gasteiger charge is 2.29. The van der Waals surface area contributed by atoms with E-state index < -0.39 is 0 Å². The quantitative estimate of drug-likeness (QED) is 0.532. The predicted octanol–water partition coefficient (Wildman–Crippen LogP) is 2.96. The minimum Gasteiger partial charge on any atom is -0.398 e. The van der Waals surface area contributed by atoms with E-state index in [0.29, 0.717) is 17.8 Å². The van der Waals surface area contributed by atoms with Crippen LogP contribution in [0.15, 0.2) is 16.6 Å². The first kappa shape index (κ1) is 19.2. The molecule has 5 nitrogen and oxygen atoms in total. The molecular formula is C18H28BrN3O2. The highest BCUT2D eigenvalue weighted by molar-refractivity contribution is 9.10. The van der Waals surface area contributed by atoms with Gasteiger partial charge in [0.2, 0.25) is 0 Å². The maximum absolute atomic E-state index is 12.1. The van der Waals surface area contributed by atoms with Crippen LogP contribution in [-0.2, 0) is 6.54 Å². The third-order valence-corrected chi connectivity index (χ3v) is 5.67. The molecule has 0 bridgehead atoms. The van der Waals surface area contributed by atoms with Crippen LogP contribution in [-0.4, -0.2) is 29.7 Å². The number of carbonyl (C=O) groups is 1. The van der Waals surface area contributed by atoms with Crippen LogP contribution < -0.4 is 16.4 Å². The number of halogens is 1. The van der Waals surface area contributed by atoms with Crippen molar-refractivity contribution in [2.45, 2.75) is 57.5 Å². The van der Waals surface area contributed by atoms with E-state index >= 15 is 0 Å². The highest BCUT2D eigenvalue weighted by Crippen LogP contribution is 2.32. The van der Waals surface area contributed by atoms with Crippen molar-refractivity contribution in [3.05, 3.63) is 27.7 Å². The Labute approximate surface area is 152 Å². The Bertz CT molecular complexity index is 572. The van der Waals surface area contributed by atoms with Crippen LogP contribution in [0.1, 0.15) is 61.4 Å². The second-order valence-corrected chi connectivity index (χ2v) is 7.41. The lowest BCUT2D eigenvalue weighted by molar-refractivity contribution is 0.0944. The number of nitrogens with two attached hydrogens (primary N) is 1. The van der Waals surface area contributed by atoms with Crippen LogP contribution in [0.3, 0.4) is 0 Å². The average Bonchev–Trinajstić information content (AvgIpc) is 2.61. The van der Waals surface area contributed by atoms with E-state index in [1.807, 2.05) is 6.07 Å². The molecule has 134 valence electrons. The molecule has 0 aromatic heterocycles. The summed E-state index contributed by atoms with van der Waals surface area (Å²) in [6.45, 7) is 3.05. The maximum atomic E-state index is 12.1. The van der Waals surface area contributed by atoms with Gasteiger partial charge in [0.1, 0.15) is 0 Å². The molecule has 0 atom stereocenters. The summed E-state index contributed by atoms with van der Waals surface area (Å²) in [5.74, 6) is -0.200. The Morgan fingerprint density at radius 1 is 1.33 bits per heavy atom. The van der Waals surface area contributed by atoms with Crippen molar-refractivity contribution in [3.8, 4) is 0 Å². The van der Waals surface area contributed by atoms with Gasteiger partial charge in [-0.3, -0.25) is 4.79 Å². The zero-order valence-corrected chi connectivity index (χ0v) is 15.9. The summed E-state index contributed by atoms with van der Waals surface area (Å²) in [4.78, 5) is 12.1. The molecule has 1 saturated carbocycles. The summed E-state index contributed by atoms with van der Waals surface area (Å²) in [5, 5.41) is 15.2. The van der Waals surface area contributed by atoms with Gasteiger partial charge in [0, 0.05) is 28.7 Å². The third kappa shape index (κ3) is 4.71. The lowest BCUT2D eigenvalue weighted by atomic mass is 9.79. The van der Waals surface area contributed by atoms with Crippen LogP contribution in [0.4, 0.5) is 5.69 Å². The van der Waals surface area contributed by atoms with E-state index in [2.05, 4.69) is 33.5 Å². The number of hydrogen-bond donors (Lipinski definition) is 4. The number of aliphatic hydroxyl groups excluding tert-OH is 1. The van der Waals surface area contributed by atoms with Crippen molar-refractivity contribution in [1.82, 2.24) is 10.6 Å². The van der Waals surface area contributed by atoms with Gasteiger partial charge < -0.3 is 21.5 Å². The molecule has 0 radical (unpaired) electrons. The molecule has 1 aromatic rings. The van der Waals surface area contributed by atoms with Gasteiger partial charge in [0.25, 0.3) is 5.91 Å². The maximum Gasteiger partial charge on any atom is 0.251 e. The van der Waals surface area contributed by atoms with E-state index in [0.717, 1.165) is 16.5 Å². The molecule has 0 heterocycles. The molecule has 1 aliphatic rings. The van der Waals surface area contributed by atoms with E-state index in [9.17, 15) is 4.79 Å². The first-order chi connectivity index (χ1) is 11.5. The van der Waals surface area contributed by atoms with Crippen molar-refractivity contribution >= 4 is 27.5 Å². The van der Waals surface area contributed by atoms with Crippen LogP contribution in [0.25, 0.3) is 0 Å². The zero-order valence-electron chi connectivity index (χ0n) is 14.3. The van der Waals surface area contributed by atoms with Gasteiger partial charge in [-0.1, -0.05) is 26.2 Å². The van der Waals surface area contributed by atoms with Crippen LogP contribution in [0, 0.1) is 0 Å². The Hall–Kier alpha value is -1.11. The lowest BCUT2D eigenvalue weighted by Crippen LogP contribution is -2.45. The summed E-state index contributed by atoms with van der Waals surface area (Å²) in [6, 6.07) is 3.56. The lowest BCUT2D eigenvalue weighted by Gasteiger charge is -2.38. The topological polar surface area (TPSA) is 87.4 Å². The van der Waals surface area contributed by atoms with Gasteiger partial charge in [-0.05, 0) is 52.9 Å². The number of benzene rings is 1. The second-order valence-electron chi connectivity index (χ2n) is 6.56. The zero-order chi connectivity index (χ0) is 17.6. The first-order valence-corrected chi connectivity index (χ1v) is 9.52. The van der Waals surface area contributed by atoms with Crippen molar-refractivity contribution in [1.29, 1.82) is 0 Å². The molecular weight excluding hydrogens is 370 g/mol. The van der Waals surface area contributed by atoms with Gasteiger partial charge in [-0.25, -0.2) is 0 Å². The molecule has 2 rings (SSSR count). The molecule has 1 amide bonds. The fraction of sp³-hybridized carbons (Fsp3) is 0.611. The van der Waals surface area contributed by atoms with Crippen LogP contribution in [0.2, 0.25) is 0 Å². The number of anilines is 1. The number of amides is 1. The van der Waals surface area contributed by atoms with Gasteiger partial charge in [-0.15, -0.1) is 0 Å². The number of aliphatic hydroxyl groups is 1. The van der Waals surface area contributed by atoms with Crippen molar-refractivity contribution < 1.29 is 9.90 Å². The van der Waals surface area contributed by atoms with E-state index in [1.165, 1.54) is 32.1 Å². The minimum atomic E-state index is -0.200. The smallest absolute Gasteiger partial charge is 0.251 e. The normalized spacial score (nSPS) is 16.8. The van der Waals surface area contributed by atoms with Crippen molar-refractivity contribution in [2.75, 3.05) is 18.9 Å². The van der Waals surface area contributed by atoms with E-state index in [4.69, 9.17) is 10.8 Å². The van der Waals surface area contributed by atoms with E-state index in [1.54, 1.807) is 6.07 Å². The fourth-order valence-corrected chi connectivity index (χ4v) is 3.89. The molecule has 24 heavy (non-hydrogen) atoms. The number of nitrogens with one attached hydrogen (secondary N) is 2. The Balaban J connectivity index is 2.13. The predicted molar refractivity (Wildman–Crippen MR) is 101 cm³/mol. The molecule has 1 aromatic carbocycles. The molecule has 1 aliphatic carbocycles. The summed E-state index contributed by atoms with van der Waals surface area (Å²) < 4.78 is 0.727. The molecule has 0 spiro atoms. The number of nitrogen functional groups attached to an aromatic ring is 1. The van der Waals surface area contributed by atoms with Gasteiger partial charge in [-0.2, -0.15) is 0 Å². The number of hydrogen-bond acceptors (Lipinski definition) is 4. The van der Waals surface area contributed by atoms with Crippen LogP contribution in [0.5, 0.6) is 0 Å². The monoisotopic (exact) mass is 397 g/mol. The Kier molecular flexibility index (Phi) is 7.07. The van der Waals surface area contributed by atoms with E-state index in [-0.39, 0.29) is 24.6 Å². The molecule has 0 unspecified atom stereocenters. The van der Waals surface area contributed by atoms with Crippen LogP contribution >= 0.6 is 15.9 Å². The second kappa shape index (κ2) is 8.83. The average molecular weight is 398 g/mol. The van der Waals surface area contributed by atoms with Crippen molar-refractivity contribution in [2.24, 2.45) is 0 Å². The highest BCUT2D eigenvalue weighted by atomic mass is 79.9. The van der Waals surface area contributed by atoms with Crippen molar-refractivity contribution in [3.63, 3.8) is 0 Å². The van der Waals surface area contributed by atoms with Gasteiger partial charge in [0.05, 0.1) is 12.3 Å². The Morgan fingerprint density at radius 3 is 2.67 bits per heavy atom. The SMILES string of the molecule is CCC1(NCc2cc(C(=O)NCCO)cc(Br)c2N)CCCCC1. The molecule has 1 fully saturated rings. The molecule has 0 saturated heterocycles. The summed E-state index contributed by atoms with van der Waals surface area (Å²) in [6.07, 6.45) is 7.35. The summed E-state index contributed by atoms with van der Waals surface area (Å²) in [5.41, 5.74) is 8.53. The van der Waals surface area contributed by atoms with Gasteiger partial charge in [0.15, 0.2) is 0 Å².